The quantitative estimate of drug-likeness (QED) is 0.319. The van der Waals surface area contributed by atoms with Gasteiger partial charge in [-0.3, -0.25) is 5.32 Å². The molecule has 0 spiro atoms. The average Bonchev–Trinajstić information content (AvgIpc) is 3.55. The van der Waals surface area contributed by atoms with Crippen LogP contribution in [0.25, 0.3) is 10.4 Å². The molecule has 1 saturated carbocycles. The van der Waals surface area contributed by atoms with E-state index in [4.69, 9.17) is 9.47 Å². The summed E-state index contributed by atoms with van der Waals surface area (Å²) in [6, 6.07) is 5.11. The van der Waals surface area contributed by atoms with Gasteiger partial charge in [0.25, 0.3) is 0 Å². The van der Waals surface area contributed by atoms with Crippen molar-refractivity contribution >= 4 is 39.2 Å². The zero-order valence-electron chi connectivity index (χ0n) is 25.9. The number of carbonyl (C=O) groups excluding carboxylic acids is 2. The lowest BCUT2D eigenvalue weighted by molar-refractivity contribution is 0.109. The first-order valence-electron chi connectivity index (χ1n) is 15.0. The van der Waals surface area contributed by atoms with Gasteiger partial charge in [-0.15, -0.1) is 11.3 Å². The number of benzene rings is 1. The van der Waals surface area contributed by atoms with E-state index in [1.54, 1.807) is 39.1 Å². The first kappa shape index (κ1) is 33.2. The van der Waals surface area contributed by atoms with E-state index in [1.165, 1.54) is 17.4 Å². The summed E-state index contributed by atoms with van der Waals surface area (Å²) in [5.41, 5.74) is 0.131. The number of anilines is 1. The van der Waals surface area contributed by atoms with Crippen LogP contribution in [-0.2, 0) is 19.5 Å². The number of sulfonamides is 1. The highest BCUT2D eigenvalue weighted by Crippen LogP contribution is 2.40. The van der Waals surface area contributed by atoms with Gasteiger partial charge in [0.1, 0.15) is 6.61 Å². The predicted molar refractivity (Wildman–Crippen MR) is 168 cm³/mol. The Morgan fingerprint density at radius 1 is 1.12 bits per heavy atom. The minimum Gasteiger partial charge on any atom is -0.448 e. The van der Waals surface area contributed by atoms with E-state index in [0.29, 0.717) is 11.3 Å². The molecule has 2 fully saturated rings. The summed E-state index contributed by atoms with van der Waals surface area (Å²) in [6.45, 7) is 10.2. The molecule has 1 aliphatic heterocycles. The summed E-state index contributed by atoms with van der Waals surface area (Å²) in [5, 5.41) is 6.58. The summed E-state index contributed by atoms with van der Waals surface area (Å²) in [5.74, 6) is 0.222. The Kier molecular flexibility index (Phi) is 10.7. The van der Waals surface area contributed by atoms with Crippen LogP contribution in [-0.4, -0.2) is 74.4 Å². The van der Waals surface area contributed by atoms with Crippen molar-refractivity contribution in [3.05, 3.63) is 29.4 Å². The Balaban J connectivity index is 1.49. The first-order valence-corrected chi connectivity index (χ1v) is 17.3. The molecule has 238 valence electrons. The molecule has 43 heavy (non-hydrogen) atoms. The maximum Gasteiger partial charge on any atom is 0.411 e. The number of amides is 2. The molecule has 2 aliphatic rings. The van der Waals surface area contributed by atoms with E-state index >= 15 is 0 Å². The van der Waals surface area contributed by atoms with E-state index < -0.39 is 21.7 Å². The Morgan fingerprint density at radius 2 is 1.84 bits per heavy atom. The third-order valence-electron chi connectivity index (χ3n) is 7.57. The Morgan fingerprint density at radius 3 is 2.47 bits per heavy atom. The second kappa shape index (κ2) is 13.9. The SMILES string of the molecule is CC(C)OC(=O)N[C@H]1CC[C@H](c2ncc(-c3ccc(NC(=O)OC[C@@H]4CCCN4C)cc3S(=O)(=O)NC(C)(C)C)s2)CC1. The smallest absolute Gasteiger partial charge is 0.411 e. The maximum atomic E-state index is 13.6. The van der Waals surface area contributed by atoms with Crippen LogP contribution < -0.4 is 15.4 Å². The molecule has 0 unspecified atom stereocenters. The lowest BCUT2D eigenvalue weighted by Crippen LogP contribution is -2.40. The van der Waals surface area contributed by atoms with Gasteiger partial charge < -0.3 is 19.7 Å². The number of likely N-dealkylation sites (N-methyl/N-ethyl adjacent to an activating group) is 1. The minimum atomic E-state index is -3.95. The normalized spacial score (nSPS) is 21.5. The van der Waals surface area contributed by atoms with Crippen LogP contribution >= 0.6 is 11.3 Å². The molecule has 1 aliphatic carbocycles. The third kappa shape index (κ3) is 9.37. The molecular formula is C30H45N5O6S2. The lowest BCUT2D eigenvalue weighted by Gasteiger charge is -2.28. The van der Waals surface area contributed by atoms with Crippen LogP contribution in [0.2, 0.25) is 0 Å². The fraction of sp³-hybridized carbons (Fsp3) is 0.633. The molecular weight excluding hydrogens is 590 g/mol. The minimum absolute atomic E-state index is 0.0579. The van der Waals surface area contributed by atoms with Gasteiger partial charge in [-0.2, -0.15) is 0 Å². The number of carbonyl (C=O) groups is 2. The molecule has 0 radical (unpaired) electrons. The highest BCUT2D eigenvalue weighted by Gasteiger charge is 2.29. The van der Waals surface area contributed by atoms with Crippen molar-refractivity contribution in [1.29, 1.82) is 0 Å². The molecule has 11 nitrogen and oxygen atoms in total. The third-order valence-corrected chi connectivity index (χ3v) is 10.6. The zero-order valence-corrected chi connectivity index (χ0v) is 27.6. The van der Waals surface area contributed by atoms with E-state index in [9.17, 15) is 18.0 Å². The van der Waals surface area contributed by atoms with Crippen molar-refractivity contribution in [1.82, 2.24) is 19.9 Å². The Bertz CT molecular complexity index is 1380. The van der Waals surface area contributed by atoms with Crippen molar-refractivity contribution in [2.45, 2.75) is 108 Å². The number of hydrogen-bond donors (Lipinski definition) is 3. The summed E-state index contributed by atoms with van der Waals surface area (Å²) in [4.78, 5) is 32.2. The van der Waals surface area contributed by atoms with Crippen LogP contribution in [0.15, 0.2) is 29.3 Å². The van der Waals surface area contributed by atoms with Gasteiger partial charge in [0.05, 0.1) is 20.9 Å². The van der Waals surface area contributed by atoms with Crippen molar-refractivity contribution in [3.63, 3.8) is 0 Å². The van der Waals surface area contributed by atoms with Gasteiger partial charge in [-0.25, -0.2) is 27.7 Å². The number of hydrogen-bond acceptors (Lipinski definition) is 9. The zero-order chi connectivity index (χ0) is 31.4. The van der Waals surface area contributed by atoms with Crippen molar-refractivity contribution < 1.29 is 27.5 Å². The predicted octanol–water partition coefficient (Wildman–Crippen LogP) is 5.69. The highest BCUT2D eigenvalue weighted by atomic mass is 32.2. The molecule has 1 aromatic carbocycles. The van der Waals surface area contributed by atoms with E-state index in [-0.39, 0.29) is 41.7 Å². The molecule has 1 saturated heterocycles. The standard InChI is InChI=1S/C30H45N5O6S2/c1-19(2)41-29(37)32-21-11-9-20(10-12-21)27-31-17-25(42-27)24-14-13-22(16-26(24)43(38,39)34-30(3,4)5)33-28(36)40-18-23-8-7-15-35(23)6/h13-14,16-17,19-21,23,34H,7-12,15,18H2,1-6H3,(H,32,37)(H,33,36)/t20-,21-,23-/m0/s1. The number of thiazole rings is 1. The summed E-state index contributed by atoms with van der Waals surface area (Å²) >= 11 is 1.47. The molecule has 2 amide bonds. The number of nitrogens with one attached hydrogen (secondary N) is 3. The van der Waals surface area contributed by atoms with Crippen molar-refractivity contribution in [2.75, 3.05) is 25.5 Å². The second-order valence-corrected chi connectivity index (χ2v) is 15.5. The maximum absolute atomic E-state index is 13.6. The molecule has 1 aromatic heterocycles. The number of rotatable bonds is 9. The summed E-state index contributed by atoms with van der Waals surface area (Å²) in [6.07, 6.45) is 5.93. The number of alkyl carbamates (subject to hydrolysis) is 1. The fourth-order valence-corrected chi connectivity index (χ4v) is 8.36. The van der Waals surface area contributed by atoms with E-state index in [1.807, 2.05) is 20.9 Å². The topological polar surface area (TPSA) is 139 Å². The second-order valence-electron chi connectivity index (χ2n) is 12.8. The fourth-order valence-electron chi connectivity index (χ4n) is 5.50. The molecule has 2 aromatic rings. The molecule has 13 heteroatoms. The highest BCUT2D eigenvalue weighted by molar-refractivity contribution is 7.89. The molecule has 3 N–H and O–H groups in total. The van der Waals surface area contributed by atoms with Crippen LogP contribution in [0, 0.1) is 0 Å². The van der Waals surface area contributed by atoms with Gasteiger partial charge >= 0.3 is 12.2 Å². The van der Waals surface area contributed by atoms with Crippen LogP contribution in [0.1, 0.15) is 84.1 Å². The largest absolute Gasteiger partial charge is 0.448 e. The van der Waals surface area contributed by atoms with Crippen LogP contribution in [0.4, 0.5) is 15.3 Å². The lowest BCUT2D eigenvalue weighted by atomic mass is 9.86. The van der Waals surface area contributed by atoms with Crippen LogP contribution in [0.3, 0.4) is 0 Å². The molecule has 4 rings (SSSR count). The van der Waals surface area contributed by atoms with Crippen molar-refractivity contribution in [2.24, 2.45) is 0 Å². The summed E-state index contributed by atoms with van der Waals surface area (Å²) in [7, 11) is -1.94. The van der Waals surface area contributed by atoms with E-state index in [2.05, 4.69) is 25.2 Å². The Hall–Kier alpha value is -2.74. The van der Waals surface area contributed by atoms with Gasteiger partial charge in [0.15, 0.2) is 0 Å². The van der Waals surface area contributed by atoms with Gasteiger partial charge in [-0.05, 0) is 98.9 Å². The molecule has 2 heterocycles. The van der Waals surface area contributed by atoms with Crippen LogP contribution in [0.5, 0.6) is 0 Å². The summed E-state index contributed by atoms with van der Waals surface area (Å²) < 4.78 is 40.6. The van der Waals surface area contributed by atoms with Gasteiger partial charge in [0.2, 0.25) is 10.0 Å². The number of likely N-dealkylation sites (tertiary alicyclic amines) is 1. The monoisotopic (exact) mass is 635 g/mol. The molecule has 1 atom stereocenters. The average molecular weight is 636 g/mol. The van der Waals surface area contributed by atoms with Crippen molar-refractivity contribution in [3.8, 4) is 10.4 Å². The van der Waals surface area contributed by atoms with Gasteiger partial charge in [0, 0.05) is 41.0 Å². The molecule has 0 bridgehead atoms. The number of nitrogens with zero attached hydrogens (tertiary/aromatic N) is 2. The number of ether oxygens (including phenoxy) is 2. The van der Waals surface area contributed by atoms with Gasteiger partial charge in [-0.1, -0.05) is 6.07 Å². The Labute approximate surface area is 259 Å². The first-order chi connectivity index (χ1) is 20.2. The number of aromatic nitrogens is 1. The van der Waals surface area contributed by atoms with E-state index in [0.717, 1.165) is 55.0 Å².